The first-order valence-corrected chi connectivity index (χ1v) is 13.7. The average Bonchev–Trinajstić information content (AvgIpc) is 2.80. The second-order valence-electron chi connectivity index (χ2n) is 12.6. The molecular formula is C30H46N2O9. The molecule has 0 saturated heterocycles. The molecule has 0 aliphatic heterocycles. The van der Waals surface area contributed by atoms with Crippen molar-refractivity contribution in [2.75, 3.05) is 6.54 Å². The van der Waals surface area contributed by atoms with E-state index in [4.69, 9.17) is 18.9 Å². The van der Waals surface area contributed by atoms with Crippen molar-refractivity contribution in [3.8, 4) is 0 Å². The van der Waals surface area contributed by atoms with E-state index in [2.05, 4.69) is 10.6 Å². The van der Waals surface area contributed by atoms with Gasteiger partial charge in [0.2, 0.25) is 0 Å². The Hall–Kier alpha value is -3.63. The highest BCUT2D eigenvalue weighted by molar-refractivity contribution is 5.95. The van der Waals surface area contributed by atoms with E-state index in [1.54, 1.807) is 86.6 Å². The number of carbonyl (C=O) groups excluding carboxylic acids is 5. The monoisotopic (exact) mass is 578 g/mol. The molecule has 0 bridgehead atoms. The van der Waals surface area contributed by atoms with E-state index in [9.17, 15) is 24.0 Å². The van der Waals surface area contributed by atoms with Crippen LogP contribution in [0.5, 0.6) is 0 Å². The Morgan fingerprint density at radius 2 is 1.24 bits per heavy atom. The van der Waals surface area contributed by atoms with Gasteiger partial charge in [0.15, 0.2) is 5.92 Å². The van der Waals surface area contributed by atoms with Gasteiger partial charge in [-0.2, -0.15) is 0 Å². The zero-order chi connectivity index (χ0) is 31.4. The summed E-state index contributed by atoms with van der Waals surface area (Å²) in [5.41, 5.74) is -1.61. The summed E-state index contributed by atoms with van der Waals surface area (Å²) in [4.78, 5) is 63.2. The molecule has 0 fully saturated rings. The van der Waals surface area contributed by atoms with E-state index < -0.39 is 58.7 Å². The normalized spacial score (nSPS) is 13.3. The van der Waals surface area contributed by atoms with Crippen LogP contribution in [0.25, 0.3) is 0 Å². The number of rotatable bonds is 12. The van der Waals surface area contributed by atoms with Crippen molar-refractivity contribution in [1.82, 2.24) is 10.6 Å². The van der Waals surface area contributed by atoms with Gasteiger partial charge in [-0.15, -0.1) is 0 Å². The van der Waals surface area contributed by atoms with Gasteiger partial charge in [0.25, 0.3) is 0 Å². The Bertz CT molecular complexity index is 1030. The van der Waals surface area contributed by atoms with E-state index in [0.29, 0.717) is 0 Å². The Kier molecular flexibility index (Phi) is 13.3. The van der Waals surface area contributed by atoms with Gasteiger partial charge in [0, 0.05) is 13.0 Å². The van der Waals surface area contributed by atoms with E-state index >= 15 is 0 Å². The summed E-state index contributed by atoms with van der Waals surface area (Å²) in [5, 5.41) is 5.05. The molecule has 2 N–H and O–H groups in total. The van der Waals surface area contributed by atoms with E-state index in [-0.39, 0.29) is 32.4 Å². The van der Waals surface area contributed by atoms with Gasteiger partial charge < -0.3 is 29.6 Å². The van der Waals surface area contributed by atoms with Crippen LogP contribution in [0.3, 0.4) is 0 Å². The Morgan fingerprint density at radius 1 is 0.707 bits per heavy atom. The van der Waals surface area contributed by atoms with Crippen molar-refractivity contribution in [3.05, 3.63) is 35.9 Å². The molecule has 41 heavy (non-hydrogen) atoms. The van der Waals surface area contributed by atoms with Crippen LogP contribution in [0, 0.1) is 5.92 Å². The highest BCUT2D eigenvalue weighted by atomic mass is 16.6. The summed E-state index contributed by atoms with van der Waals surface area (Å²) in [6.45, 7) is 15.1. The first-order chi connectivity index (χ1) is 18.8. The zero-order valence-corrected chi connectivity index (χ0v) is 25.8. The molecule has 1 rings (SSSR count). The minimum Gasteiger partial charge on any atom is -0.460 e. The van der Waals surface area contributed by atoms with E-state index in [0.717, 1.165) is 5.56 Å². The van der Waals surface area contributed by atoms with Crippen molar-refractivity contribution in [1.29, 1.82) is 0 Å². The summed E-state index contributed by atoms with van der Waals surface area (Å²) in [5.74, 6) is -4.09. The average molecular weight is 579 g/mol. The van der Waals surface area contributed by atoms with Gasteiger partial charge in [-0.3, -0.25) is 14.4 Å². The van der Waals surface area contributed by atoms with Gasteiger partial charge in [-0.05, 0) is 80.7 Å². The third-order valence-electron chi connectivity index (χ3n) is 4.97. The molecule has 2 unspecified atom stereocenters. The smallest absolute Gasteiger partial charge is 0.329 e. The molecule has 0 aliphatic carbocycles. The number of amides is 2. The molecule has 230 valence electrons. The van der Waals surface area contributed by atoms with Gasteiger partial charge in [-0.1, -0.05) is 30.3 Å². The number of esters is 4. The van der Waals surface area contributed by atoms with E-state index in [1.165, 1.54) is 0 Å². The fraction of sp³-hybridized carbons (Fsp3) is 0.633. The maximum Gasteiger partial charge on any atom is 0.329 e. The Morgan fingerprint density at radius 3 is 1.78 bits per heavy atom. The first kappa shape index (κ1) is 35.4. The molecule has 0 spiro atoms. The van der Waals surface area contributed by atoms with Crippen LogP contribution in [-0.4, -0.2) is 59.3 Å². The summed E-state index contributed by atoms with van der Waals surface area (Å²) >= 11 is 0. The standard InChI is InChI=1S/C30H46N2O9/c1-28(2,3)39-23(33)16-15-22(26(36)41-30(7,8)9)32-27(37)31-18-17-21(25(35)40-29(4,5)6)24(34)38-19-20-13-11-10-12-14-20/h10-14,21-22H,15-19H2,1-9H3,(H2,31,32,37). The predicted octanol–water partition coefficient (Wildman–Crippen LogP) is 4.21. The quantitative estimate of drug-likeness (QED) is 0.211. The molecular weight excluding hydrogens is 532 g/mol. The van der Waals surface area contributed by atoms with Crippen molar-refractivity contribution < 1.29 is 42.9 Å². The molecule has 0 saturated carbocycles. The third-order valence-corrected chi connectivity index (χ3v) is 4.97. The Labute approximate surface area is 243 Å². The molecule has 0 aliphatic rings. The fourth-order valence-corrected chi connectivity index (χ4v) is 3.35. The highest BCUT2D eigenvalue weighted by Crippen LogP contribution is 2.17. The summed E-state index contributed by atoms with van der Waals surface area (Å²) in [6, 6.07) is 7.11. The third kappa shape index (κ3) is 16.3. The van der Waals surface area contributed by atoms with Crippen LogP contribution in [-0.2, 0) is 44.7 Å². The second-order valence-corrected chi connectivity index (χ2v) is 12.6. The lowest BCUT2D eigenvalue weighted by molar-refractivity contribution is -0.170. The molecule has 0 aromatic heterocycles. The van der Waals surface area contributed by atoms with Gasteiger partial charge in [0.1, 0.15) is 29.5 Å². The summed E-state index contributed by atoms with van der Waals surface area (Å²) in [7, 11) is 0. The first-order valence-electron chi connectivity index (χ1n) is 13.7. The molecule has 0 radical (unpaired) electrons. The lowest BCUT2D eigenvalue weighted by Crippen LogP contribution is -2.49. The molecule has 11 nitrogen and oxygen atoms in total. The SMILES string of the molecule is CC(C)(C)OC(=O)CCC(NC(=O)NCCC(C(=O)OCc1ccccc1)C(=O)OC(C)(C)C)C(=O)OC(C)(C)C. The van der Waals surface area contributed by atoms with Crippen LogP contribution in [0.15, 0.2) is 30.3 Å². The van der Waals surface area contributed by atoms with Crippen LogP contribution in [0.4, 0.5) is 4.79 Å². The predicted molar refractivity (Wildman–Crippen MR) is 151 cm³/mol. The van der Waals surface area contributed by atoms with Crippen LogP contribution >= 0.6 is 0 Å². The van der Waals surface area contributed by atoms with Crippen molar-refractivity contribution in [2.24, 2.45) is 5.92 Å². The van der Waals surface area contributed by atoms with Crippen molar-refractivity contribution >= 4 is 29.9 Å². The number of carbonyl (C=O) groups is 5. The van der Waals surface area contributed by atoms with Crippen LogP contribution in [0.2, 0.25) is 0 Å². The lowest BCUT2D eigenvalue weighted by Gasteiger charge is -2.25. The molecule has 11 heteroatoms. The molecule has 2 amide bonds. The minimum absolute atomic E-state index is 0.0257. The number of benzene rings is 1. The van der Waals surface area contributed by atoms with E-state index in [1.807, 2.05) is 6.07 Å². The summed E-state index contributed by atoms with van der Waals surface area (Å²) in [6.07, 6.45) is -0.288. The molecule has 2 atom stereocenters. The maximum absolute atomic E-state index is 12.8. The second kappa shape index (κ2) is 15.4. The fourth-order valence-electron chi connectivity index (χ4n) is 3.35. The number of hydrogen-bond acceptors (Lipinski definition) is 9. The Balaban J connectivity index is 2.84. The minimum atomic E-state index is -1.29. The number of urea groups is 1. The van der Waals surface area contributed by atoms with Crippen LogP contribution < -0.4 is 10.6 Å². The highest BCUT2D eigenvalue weighted by Gasteiger charge is 2.33. The summed E-state index contributed by atoms with van der Waals surface area (Å²) < 4.78 is 21.4. The van der Waals surface area contributed by atoms with Crippen molar-refractivity contribution in [2.45, 2.75) is 111 Å². The van der Waals surface area contributed by atoms with Crippen LogP contribution in [0.1, 0.15) is 87.1 Å². The molecule has 1 aromatic rings. The number of ether oxygens (including phenoxy) is 4. The largest absolute Gasteiger partial charge is 0.460 e. The lowest BCUT2D eigenvalue weighted by atomic mass is 10.1. The maximum atomic E-state index is 12.8. The zero-order valence-electron chi connectivity index (χ0n) is 25.8. The van der Waals surface area contributed by atoms with Gasteiger partial charge in [-0.25, -0.2) is 9.59 Å². The van der Waals surface area contributed by atoms with Crippen molar-refractivity contribution in [3.63, 3.8) is 0 Å². The molecule has 1 aromatic carbocycles. The van der Waals surface area contributed by atoms with Gasteiger partial charge >= 0.3 is 29.9 Å². The topological polar surface area (TPSA) is 146 Å². The molecule has 0 heterocycles. The number of hydrogen-bond donors (Lipinski definition) is 2. The number of nitrogens with one attached hydrogen (secondary N) is 2. The van der Waals surface area contributed by atoms with Gasteiger partial charge in [0.05, 0.1) is 0 Å².